The van der Waals surface area contributed by atoms with Crippen molar-refractivity contribution in [1.82, 2.24) is 14.8 Å². The van der Waals surface area contributed by atoms with Gasteiger partial charge in [0.25, 0.3) is 5.69 Å². The summed E-state index contributed by atoms with van der Waals surface area (Å²) in [6, 6.07) is 13.7. The van der Waals surface area contributed by atoms with Crippen molar-refractivity contribution in [2.24, 2.45) is 0 Å². The third-order valence-electron chi connectivity index (χ3n) is 5.03. The molecule has 0 aliphatic carbocycles. The largest absolute Gasteiger partial charge is 0.455 e. The second-order valence-corrected chi connectivity index (χ2v) is 7.27. The van der Waals surface area contributed by atoms with Crippen LogP contribution in [0.5, 0.6) is 0 Å². The number of cyclic esters (lactones) is 1. The van der Waals surface area contributed by atoms with E-state index in [0.717, 1.165) is 5.69 Å². The van der Waals surface area contributed by atoms with Crippen molar-refractivity contribution in [3.8, 4) is 16.8 Å². The number of hydrogen-bond acceptors (Lipinski definition) is 6. The molecule has 0 saturated carbocycles. The molecule has 156 valence electrons. The van der Waals surface area contributed by atoms with Gasteiger partial charge in [-0.2, -0.15) is 5.10 Å². The summed E-state index contributed by atoms with van der Waals surface area (Å²) in [6.45, 7) is 1.76. The lowest BCUT2D eigenvalue weighted by Crippen LogP contribution is -2.04. The van der Waals surface area contributed by atoms with Gasteiger partial charge in [0.2, 0.25) is 0 Å². The van der Waals surface area contributed by atoms with Gasteiger partial charge < -0.3 is 4.74 Å². The second-order valence-electron chi connectivity index (χ2n) is 6.83. The van der Waals surface area contributed by atoms with Gasteiger partial charge in [0.1, 0.15) is 6.61 Å². The molecule has 5 rings (SSSR count). The molecule has 10 heteroatoms. The topological polar surface area (TPSA) is 100 Å². The first-order chi connectivity index (χ1) is 14.5. The minimum Gasteiger partial charge on any atom is -0.455 e. The van der Waals surface area contributed by atoms with Gasteiger partial charge >= 0.3 is 5.97 Å². The summed E-state index contributed by atoms with van der Waals surface area (Å²) >= 11 is 6.18. The van der Waals surface area contributed by atoms with Crippen molar-refractivity contribution in [3.63, 3.8) is 0 Å². The smallest absolute Gasteiger partial charge is 0.341 e. The number of aromatic nitrogens is 3. The Balaban J connectivity index is 0.00000231. The number of fused-ring (bicyclic) bond motifs is 2. The van der Waals surface area contributed by atoms with Crippen molar-refractivity contribution in [3.05, 3.63) is 80.6 Å². The van der Waals surface area contributed by atoms with Crippen LogP contribution in [0.25, 0.3) is 27.8 Å². The maximum absolute atomic E-state index is 12.6. The Morgan fingerprint density at radius 1 is 1.16 bits per heavy atom. The van der Waals surface area contributed by atoms with Crippen LogP contribution in [0.4, 0.5) is 5.69 Å². The van der Waals surface area contributed by atoms with Gasteiger partial charge in [0, 0.05) is 16.7 Å². The molecule has 0 radical (unpaired) electrons. The predicted molar refractivity (Wildman–Crippen MR) is 117 cm³/mol. The lowest BCUT2D eigenvalue weighted by molar-refractivity contribution is -0.384. The van der Waals surface area contributed by atoms with Gasteiger partial charge in [0.15, 0.2) is 5.65 Å². The van der Waals surface area contributed by atoms with Gasteiger partial charge in [-0.15, -0.1) is 12.4 Å². The molecule has 8 nitrogen and oxygen atoms in total. The third-order valence-corrected chi connectivity index (χ3v) is 5.27. The Morgan fingerprint density at radius 3 is 2.61 bits per heavy atom. The fourth-order valence-electron chi connectivity index (χ4n) is 3.78. The average Bonchev–Trinajstić information content (AvgIpc) is 3.27. The molecule has 0 bridgehead atoms. The molecule has 1 aliphatic heterocycles. The number of hydrogen-bond donors (Lipinski definition) is 0. The van der Waals surface area contributed by atoms with E-state index in [1.165, 1.54) is 18.2 Å². The van der Waals surface area contributed by atoms with Gasteiger partial charge in [-0.1, -0.05) is 29.8 Å². The highest BCUT2D eigenvalue weighted by Gasteiger charge is 2.34. The summed E-state index contributed by atoms with van der Waals surface area (Å²) in [5.74, 6) is -0.574. The lowest BCUT2D eigenvalue weighted by atomic mass is 9.94. The van der Waals surface area contributed by atoms with E-state index < -0.39 is 10.9 Å². The van der Waals surface area contributed by atoms with Crippen LogP contribution in [0.1, 0.15) is 21.7 Å². The van der Waals surface area contributed by atoms with Gasteiger partial charge in [-0.3, -0.25) is 10.1 Å². The van der Waals surface area contributed by atoms with Crippen LogP contribution < -0.4 is 0 Å². The number of carbonyl (C=O) groups is 1. The number of rotatable bonds is 3. The van der Waals surface area contributed by atoms with Crippen molar-refractivity contribution in [1.29, 1.82) is 0 Å². The van der Waals surface area contributed by atoms with Crippen LogP contribution in [0.15, 0.2) is 48.5 Å². The Labute approximate surface area is 187 Å². The van der Waals surface area contributed by atoms with Crippen LogP contribution in [0.3, 0.4) is 0 Å². The summed E-state index contributed by atoms with van der Waals surface area (Å²) in [5.41, 5.74) is 2.89. The summed E-state index contributed by atoms with van der Waals surface area (Å²) < 4.78 is 6.87. The fourth-order valence-corrected chi connectivity index (χ4v) is 3.95. The minimum atomic E-state index is -0.574. The number of esters is 1. The summed E-state index contributed by atoms with van der Waals surface area (Å²) in [5, 5.41) is 17.2. The zero-order valence-corrected chi connectivity index (χ0v) is 17.6. The summed E-state index contributed by atoms with van der Waals surface area (Å²) in [6.07, 6.45) is 0. The van der Waals surface area contributed by atoms with E-state index >= 15 is 0 Å². The molecule has 0 spiro atoms. The van der Waals surface area contributed by atoms with Crippen LogP contribution in [0, 0.1) is 17.0 Å². The predicted octanol–water partition coefficient (Wildman–Crippen LogP) is 5.05. The van der Waals surface area contributed by atoms with Crippen LogP contribution in [-0.4, -0.2) is 25.7 Å². The molecule has 3 heterocycles. The minimum absolute atomic E-state index is 0. The molecule has 2 aromatic carbocycles. The lowest BCUT2D eigenvalue weighted by Gasteiger charge is -2.10. The zero-order chi connectivity index (χ0) is 21.0. The van der Waals surface area contributed by atoms with Crippen molar-refractivity contribution in [2.45, 2.75) is 13.5 Å². The van der Waals surface area contributed by atoms with E-state index in [1.54, 1.807) is 11.6 Å². The van der Waals surface area contributed by atoms with Crippen molar-refractivity contribution < 1.29 is 14.5 Å². The quantitative estimate of drug-likeness (QED) is 0.243. The number of ether oxygens (including phenoxy) is 1. The number of nitro groups is 1. The van der Waals surface area contributed by atoms with E-state index in [2.05, 4.69) is 10.1 Å². The zero-order valence-electron chi connectivity index (χ0n) is 16.0. The van der Waals surface area contributed by atoms with Gasteiger partial charge in [-0.25, -0.2) is 14.5 Å². The average molecular weight is 457 g/mol. The van der Waals surface area contributed by atoms with E-state index in [0.29, 0.717) is 33.0 Å². The Morgan fingerprint density at radius 2 is 1.90 bits per heavy atom. The summed E-state index contributed by atoms with van der Waals surface area (Å²) in [4.78, 5) is 28.5. The number of halogens is 2. The molecule has 4 aromatic rings. The molecule has 1 aliphatic rings. The highest BCUT2D eigenvalue weighted by molar-refractivity contribution is 6.31. The first-order valence-corrected chi connectivity index (χ1v) is 9.42. The Kier molecular flexibility index (Phi) is 5.12. The first kappa shape index (κ1) is 20.8. The fraction of sp³-hybridized carbons (Fsp3) is 0.0952. The van der Waals surface area contributed by atoms with E-state index in [9.17, 15) is 14.9 Å². The molecule has 0 atom stereocenters. The molecule has 0 amide bonds. The van der Waals surface area contributed by atoms with E-state index in [1.807, 2.05) is 30.3 Å². The number of benzene rings is 2. The molecular formula is C21H14Cl2N4O4. The molecular weight excluding hydrogens is 443 g/mol. The number of nitro benzene ring substituents is 1. The van der Waals surface area contributed by atoms with Crippen molar-refractivity contribution in [2.75, 3.05) is 0 Å². The maximum atomic E-state index is 12.6. The SMILES string of the molecule is Cc1nn(-c2ccccc2)c2nc3c(c(-c4cc(Cl)ccc4[N+](=O)[O-])c12)C(=O)OC3.Cl. The molecule has 31 heavy (non-hydrogen) atoms. The molecule has 0 unspecified atom stereocenters. The third kappa shape index (κ3) is 3.20. The standard InChI is InChI=1S/C21H13ClN4O4.ClH/c1-11-17-18(14-9-12(22)7-8-16(14)26(28)29)19-15(10-30-21(19)27)23-20(17)25(24-11)13-5-3-2-4-6-13;/h2-9H,10H2,1H3;1H. The Bertz CT molecular complexity index is 1370. The Hall–Kier alpha value is -3.49. The maximum Gasteiger partial charge on any atom is 0.341 e. The molecule has 0 saturated heterocycles. The summed E-state index contributed by atoms with van der Waals surface area (Å²) in [7, 11) is 0. The number of pyridine rings is 1. The van der Waals surface area contributed by atoms with Crippen LogP contribution in [0.2, 0.25) is 5.02 Å². The van der Waals surface area contributed by atoms with Crippen LogP contribution in [-0.2, 0) is 11.3 Å². The highest BCUT2D eigenvalue weighted by atomic mass is 35.5. The molecule has 0 N–H and O–H groups in total. The number of para-hydroxylation sites is 1. The number of aryl methyl sites for hydroxylation is 1. The number of carbonyl (C=O) groups excluding carboxylic acids is 1. The highest BCUT2D eigenvalue weighted by Crippen LogP contribution is 2.42. The van der Waals surface area contributed by atoms with Crippen molar-refractivity contribution >= 4 is 46.7 Å². The van der Waals surface area contributed by atoms with Crippen LogP contribution >= 0.6 is 24.0 Å². The normalized spacial score (nSPS) is 12.4. The monoisotopic (exact) mass is 456 g/mol. The molecule has 2 aromatic heterocycles. The van der Waals surface area contributed by atoms with Gasteiger partial charge in [0.05, 0.1) is 38.5 Å². The van der Waals surface area contributed by atoms with E-state index in [-0.39, 0.29) is 35.8 Å². The number of nitrogens with zero attached hydrogens (tertiary/aromatic N) is 4. The van der Waals surface area contributed by atoms with E-state index in [4.69, 9.17) is 16.3 Å². The van der Waals surface area contributed by atoms with Gasteiger partial charge in [-0.05, 0) is 31.2 Å². The molecule has 0 fully saturated rings. The first-order valence-electron chi connectivity index (χ1n) is 9.04. The second kappa shape index (κ2) is 7.64.